The first-order valence-electron chi connectivity index (χ1n) is 5.97. The smallest absolute Gasteiger partial charge is 0.257 e. The van der Waals surface area contributed by atoms with E-state index in [-0.39, 0.29) is 5.91 Å². The SMILES string of the molecule is CNc1ccccc1C(=O)Nc1ccc(OC)cc1. The third-order valence-electron chi connectivity index (χ3n) is 2.79. The standard InChI is InChI=1S/C15H16N2O2/c1-16-14-6-4-3-5-13(14)15(18)17-11-7-9-12(19-2)10-8-11/h3-10,16H,1-2H3,(H,17,18). The molecule has 0 saturated heterocycles. The van der Waals surface area contributed by atoms with Crippen molar-refractivity contribution in [3.8, 4) is 5.75 Å². The van der Waals surface area contributed by atoms with Gasteiger partial charge in [-0.3, -0.25) is 4.79 Å². The first kappa shape index (κ1) is 13.0. The predicted octanol–water partition coefficient (Wildman–Crippen LogP) is 2.99. The number of hydrogen-bond donors (Lipinski definition) is 2. The van der Waals surface area contributed by atoms with Gasteiger partial charge in [0.2, 0.25) is 0 Å². The van der Waals surface area contributed by atoms with E-state index >= 15 is 0 Å². The van der Waals surface area contributed by atoms with Gasteiger partial charge in [0.1, 0.15) is 5.75 Å². The number of methoxy groups -OCH3 is 1. The number of hydrogen-bond acceptors (Lipinski definition) is 3. The maximum atomic E-state index is 12.2. The van der Waals surface area contributed by atoms with Crippen molar-refractivity contribution in [3.63, 3.8) is 0 Å². The van der Waals surface area contributed by atoms with Gasteiger partial charge >= 0.3 is 0 Å². The molecule has 4 heteroatoms. The largest absolute Gasteiger partial charge is 0.497 e. The second-order valence-corrected chi connectivity index (χ2v) is 3.98. The lowest BCUT2D eigenvalue weighted by Gasteiger charge is -2.10. The lowest BCUT2D eigenvalue weighted by atomic mass is 10.1. The van der Waals surface area contributed by atoms with Crippen LogP contribution in [0, 0.1) is 0 Å². The van der Waals surface area contributed by atoms with E-state index in [2.05, 4.69) is 10.6 Å². The van der Waals surface area contributed by atoms with Crippen LogP contribution >= 0.6 is 0 Å². The molecule has 4 nitrogen and oxygen atoms in total. The number of rotatable bonds is 4. The maximum Gasteiger partial charge on any atom is 0.257 e. The number of para-hydroxylation sites is 1. The van der Waals surface area contributed by atoms with Gasteiger partial charge in [0.25, 0.3) is 5.91 Å². The zero-order valence-electron chi connectivity index (χ0n) is 10.9. The van der Waals surface area contributed by atoms with Gasteiger partial charge in [0.05, 0.1) is 12.7 Å². The zero-order valence-corrected chi connectivity index (χ0v) is 10.9. The van der Waals surface area contributed by atoms with E-state index < -0.39 is 0 Å². The molecule has 0 fully saturated rings. The van der Waals surface area contributed by atoms with Crippen LogP contribution in [0.25, 0.3) is 0 Å². The summed E-state index contributed by atoms with van der Waals surface area (Å²) in [6.07, 6.45) is 0. The summed E-state index contributed by atoms with van der Waals surface area (Å²) in [6, 6.07) is 14.6. The van der Waals surface area contributed by atoms with Gasteiger partial charge in [-0.05, 0) is 36.4 Å². The lowest BCUT2D eigenvalue weighted by Crippen LogP contribution is -2.13. The van der Waals surface area contributed by atoms with Crippen molar-refractivity contribution < 1.29 is 9.53 Å². The van der Waals surface area contributed by atoms with E-state index in [1.165, 1.54) is 0 Å². The molecular formula is C15H16N2O2. The second kappa shape index (κ2) is 5.91. The van der Waals surface area contributed by atoms with Gasteiger partial charge in [-0.1, -0.05) is 12.1 Å². The minimum atomic E-state index is -0.143. The molecule has 0 radical (unpaired) electrons. The van der Waals surface area contributed by atoms with Gasteiger partial charge in [-0.15, -0.1) is 0 Å². The summed E-state index contributed by atoms with van der Waals surface area (Å²) >= 11 is 0. The average molecular weight is 256 g/mol. The summed E-state index contributed by atoms with van der Waals surface area (Å²) in [5.74, 6) is 0.615. The fourth-order valence-corrected chi connectivity index (χ4v) is 1.77. The highest BCUT2D eigenvalue weighted by Gasteiger charge is 2.09. The van der Waals surface area contributed by atoms with Crippen LogP contribution < -0.4 is 15.4 Å². The van der Waals surface area contributed by atoms with Gasteiger partial charge in [-0.25, -0.2) is 0 Å². The summed E-state index contributed by atoms with van der Waals surface area (Å²) in [6.45, 7) is 0. The van der Waals surface area contributed by atoms with Gasteiger partial charge in [0, 0.05) is 18.4 Å². The molecule has 0 saturated carbocycles. The van der Waals surface area contributed by atoms with Crippen LogP contribution in [-0.4, -0.2) is 20.1 Å². The quantitative estimate of drug-likeness (QED) is 0.884. The van der Waals surface area contributed by atoms with Crippen molar-refractivity contribution in [2.24, 2.45) is 0 Å². The molecule has 0 aliphatic heterocycles. The molecular weight excluding hydrogens is 240 g/mol. The first-order valence-corrected chi connectivity index (χ1v) is 5.97. The van der Waals surface area contributed by atoms with E-state index in [0.717, 1.165) is 17.1 Å². The van der Waals surface area contributed by atoms with Crippen LogP contribution in [0.3, 0.4) is 0 Å². The van der Waals surface area contributed by atoms with Crippen LogP contribution in [0.1, 0.15) is 10.4 Å². The molecule has 0 aliphatic carbocycles. The normalized spacial score (nSPS) is 9.79. The highest BCUT2D eigenvalue weighted by molar-refractivity contribution is 6.08. The molecule has 0 aromatic heterocycles. The Bertz CT molecular complexity index is 565. The Hall–Kier alpha value is -2.49. The number of nitrogens with one attached hydrogen (secondary N) is 2. The Balaban J connectivity index is 2.16. The number of carbonyl (C=O) groups excluding carboxylic acids is 1. The molecule has 2 aromatic carbocycles. The van der Waals surface area contributed by atoms with Crippen molar-refractivity contribution in [2.45, 2.75) is 0 Å². The Morgan fingerprint density at radius 1 is 1.05 bits per heavy atom. The van der Waals surface area contributed by atoms with E-state index in [9.17, 15) is 4.79 Å². The Labute approximate surface area is 112 Å². The molecule has 2 aromatic rings. The maximum absolute atomic E-state index is 12.2. The number of anilines is 2. The van der Waals surface area contributed by atoms with Gasteiger partial charge in [-0.2, -0.15) is 0 Å². The van der Waals surface area contributed by atoms with Gasteiger partial charge < -0.3 is 15.4 Å². The van der Waals surface area contributed by atoms with Crippen LogP contribution in [0.15, 0.2) is 48.5 Å². The molecule has 0 unspecified atom stereocenters. The molecule has 0 bridgehead atoms. The second-order valence-electron chi connectivity index (χ2n) is 3.98. The molecule has 0 aliphatic rings. The number of carbonyl (C=O) groups is 1. The fraction of sp³-hybridized carbons (Fsp3) is 0.133. The molecule has 0 atom stereocenters. The van der Waals surface area contributed by atoms with Crippen molar-refractivity contribution in [1.29, 1.82) is 0 Å². The Morgan fingerprint density at radius 3 is 2.37 bits per heavy atom. The Kier molecular flexibility index (Phi) is 4.03. The molecule has 2 N–H and O–H groups in total. The average Bonchev–Trinajstić information content (AvgIpc) is 2.48. The number of amides is 1. The molecule has 1 amide bonds. The summed E-state index contributed by atoms with van der Waals surface area (Å²) in [7, 11) is 3.40. The van der Waals surface area contributed by atoms with Crippen LogP contribution in [0.4, 0.5) is 11.4 Å². The van der Waals surface area contributed by atoms with Crippen molar-refractivity contribution in [3.05, 3.63) is 54.1 Å². The molecule has 0 heterocycles. The minimum absolute atomic E-state index is 0.143. The van der Waals surface area contributed by atoms with Crippen LogP contribution in [0.5, 0.6) is 5.75 Å². The molecule has 19 heavy (non-hydrogen) atoms. The topological polar surface area (TPSA) is 50.4 Å². The molecule has 98 valence electrons. The number of ether oxygens (including phenoxy) is 1. The zero-order chi connectivity index (χ0) is 13.7. The summed E-state index contributed by atoms with van der Waals surface area (Å²) < 4.78 is 5.07. The monoisotopic (exact) mass is 256 g/mol. The van der Waals surface area contributed by atoms with E-state index in [4.69, 9.17) is 4.74 Å². The van der Waals surface area contributed by atoms with E-state index in [1.807, 2.05) is 18.2 Å². The summed E-state index contributed by atoms with van der Waals surface area (Å²) in [5.41, 5.74) is 2.14. The molecule has 2 rings (SSSR count). The predicted molar refractivity (Wildman–Crippen MR) is 76.9 cm³/mol. The Morgan fingerprint density at radius 2 is 1.74 bits per heavy atom. The highest BCUT2D eigenvalue weighted by Crippen LogP contribution is 2.18. The number of benzene rings is 2. The fourth-order valence-electron chi connectivity index (χ4n) is 1.77. The summed E-state index contributed by atoms with van der Waals surface area (Å²) in [4.78, 5) is 12.2. The third-order valence-corrected chi connectivity index (χ3v) is 2.79. The van der Waals surface area contributed by atoms with Crippen LogP contribution in [0.2, 0.25) is 0 Å². The van der Waals surface area contributed by atoms with E-state index in [1.54, 1.807) is 44.5 Å². The first-order chi connectivity index (χ1) is 9.24. The van der Waals surface area contributed by atoms with Crippen molar-refractivity contribution >= 4 is 17.3 Å². The third kappa shape index (κ3) is 3.04. The van der Waals surface area contributed by atoms with Gasteiger partial charge in [0.15, 0.2) is 0 Å². The molecule has 0 spiro atoms. The van der Waals surface area contributed by atoms with Crippen molar-refractivity contribution in [1.82, 2.24) is 0 Å². The minimum Gasteiger partial charge on any atom is -0.497 e. The lowest BCUT2D eigenvalue weighted by molar-refractivity contribution is 0.102. The van der Waals surface area contributed by atoms with Crippen LogP contribution in [-0.2, 0) is 0 Å². The van der Waals surface area contributed by atoms with Crippen molar-refractivity contribution in [2.75, 3.05) is 24.8 Å². The highest BCUT2D eigenvalue weighted by atomic mass is 16.5. The van der Waals surface area contributed by atoms with E-state index in [0.29, 0.717) is 5.56 Å². The summed E-state index contributed by atoms with van der Waals surface area (Å²) in [5, 5.41) is 5.85.